The molecule has 1 heterocycles. The number of hydrogen-bond donors (Lipinski definition) is 4. The number of hydrogen-bond acceptors (Lipinski definition) is 8. The smallest absolute Gasteiger partial charge is 0.332 e. The van der Waals surface area contributed by atoms with E-state index in [1.807, 2.05) is 0 Å². The zero-order valence-corrected chi connectivity index (χ0v) is 20.2. The van der Waals surface area contributed by atoms with Gasteiger partial charge in [0.15, 0.2) is 0 Å². The van der Waals surface area contributed by atoms with Gasteiger partial charge in [0.05, 0.1) is 0 Å². The largest absolute Gasteiger partial charge is 0.480 e. The number of aliphatic carboxylic acids is 1. The van der Waals surface area contributed by atoms with Crippen molar-refractivity contribution in [3.05, 3.63) is 35.4 Å². The van der Waals surface area contributed by atoms with Gasteiger partial charge < -0.3 is 35.3 Å². The van der Waals surface area contributed by atoms with Gasteiger partial charge in [-0.3, -0.25) is 15.0 Å². The van der Waals surface area contributed by atoms with Crippen LogP contribution in [-0.2, 0) is 28.6 Å². The Bertz CT molecular complexity index is 957. The summed E-state index contributed by atoms with van der Waals surface area (Å²) in [7, 11) is 0. The van der Waals surface area contributed by atoms with Crippen molar-refractivity contribution in [2.75, 3.05) is 26.3 Å². The lowest BCUT2D eigenvalue weighted by Crippen LogP contribution is -2.46. The van der Waals surface area contributed by atoms with Crippen molar-refractivity contribution in [1.29, 1.82) is 5.41 Å². The van der Waals surface area contributed by atoms with Crippen LogP contribution in [0.5, 0.6) is 0 Å². The number of carbonyl (C=O) groups excluding carboxylic acids is 3. The molecule has 1 aromatic carbocycles. The number of likely N-dealkylation sites (tertiary alicyclic amines) is 1. The number of amides is 2. The van der Waals surface area contributed by atoms with Crippen molar-refractivity contribution in [2.45, 2.75) is 51.5 Å². The van der Waals surface area contributed by atoms with E-state index in [1.165, 1.54) is 36.1 Å². The number of ether oxygens (including phenoxy) is 3. The molecule has 3 unspecified atom stereocenters. The molecule has 1 aliphatic heterocycles. The molecule has 35 heavy (non-hydrogen) atoms. The summed E-state index contributed by atoms with van der Waals surface area (Å²) in [6.07, 6.45) is -1.53. The number of carboxylic acid groups (broad SMARTS) is 1. The maximum atomic E-state index is 13.0. The first-order valence-corrected chi connectivity index (χ1v) is 11.0. The molecule has 1 aromatic rings. The number of amidine groups is 1. The quantitative estimate of drug-likeness (QED) is 0.200. The van der Waals surface area contributed by atoms with Crippen LogP contribution in [0.25, 0.3) is 0 Å². The van der Waals surface area contributed by atoms with Crippen LogP contribution in [-0.4, -0.2) is 89.7 Å². The summed E-state index contributed by atoms with van der Waals surface area (Å²) >= 11 is 0. The molecule has 1 fully saturated rings. The summed E-state index contributed by atoms with van der Waals surface area (Å²) < 4.78 is 16.2. The van der Waals surface area contributed by atoms with Crippen LogP contribution in [0.4, 0.5) is 0 Å². The van der Waals surface area contributed by atoms with Crippen LogP contribution in [0, 0.1) is 5.41 Å². The molecule has 5 N–H and O–H groups in total. The summed E-state index contributed by atoms with van der Waals surface area (Å²) in [6.45, 7) is 5.75. The summed E-state index contributed by atoms with van der Waals surface area (Å²) in [5, 5.41) is 19.0. The molecule has 1 saturated heterocycles. The molecular weight excluding hydrogens is 460 g/mol. The third kappa shape index (κ3) is 8.65. The molecule has 12 nitrogen and oxygen atoms in total. The van der Waals surface area contributed by atoms with Crippen LogP contribution in [0.15, 0.2) is 24.3 Å². The molecule has 12 heteroatoms. The maximum absolute atomic E-state index is 13.0. The topological polar surface area (TPSA) is 181 Å². The SMILES string of the molecule is CC(NC(=O)c1ccc(C(=N)N)cc1)C(=O)N1CC(OCC(=O)O)C(OCC(=O)OC(C)(C)C)C1. The Hall–Kier alpha value is -3.51. The number of nitrogen functional groups attached to an aromatic ring is 1. The van der Waals surface area contributed by atoms with Gasteiger partial charge in [0.25, 0.3) is 5.91 Å². The van der Waals surface area contributed by atoms with Crippen LogP contribution in [0.2, 0.25) is 0 Å². The second kappa shape index (κ2) is 11.8. The number of benzene rings is 1. The molecule has 192 valence electrons. The summed E-state index contributed by atoms with van der Waals surface area (Å²) in [6, 6.07) is 5.15. The lowest BCUT2D eigenvalue weighted by molar-refractivity contribution is -0.165. The van der Waals surface area contributed by atoms with Gasteiger partial charge >= 0.3 is 11.9 Å². The minimum atomic E-state index is -1.18. The first-order valence-electron chi connectivity index (χ1n) is 11.0. The summed E-state index contributed by atoms with van der Waals surface area (Å²) in [4.78, 5) is 49.8. The summed E-state index contributed by atoms with van der Waals surface area (Å²) in [5.41, 5.74) is 5.47. The van der Waals surface area contributed by atoms with E-state index in [2.05, 4.69) is 5.32 Å². The Balaban J connectivity index is 2.00. The van der Waals surface area contributed by atoms with E-state index in [4.69, 9.17) is 30.5 Å². The van der Waals surface area contributed by atoms with Crippen molar-refractivity contribution in [1.82, 2.24) is 10.2 Å². The van der Waals surface area contributed by atoms with Crippen molar-refractivity contribution in [3.63, 3.8) is 0 Å². The first kappa shape index (κ1) is 27.7. The van der Waals surface area contributed by atoms with E-state index in [0.717, 1.165) is 0 Å². The number of nitrogens with one attached hydrogen (secondary N) is 2. The van der Waals surface area contributed by atoms with Crippen molar-refractivity contribution in [3.8, 4) is 0 Å². The third-order valence-electron chi connectivity index (χ3n) is 4.96. The van der Waals surface area contributed by atoms with Gasteiger partial charge in [-0.25, -0.2) is 9.59 Å². The van der Waals surface area contributed by atoms with Crippen molar-refractivity contribution >= 4 is 29.6 Å². The van der Waals surface area contributed by atoms with Gasteiger partial charge in [-0.15, -0.1) is 0 Å². The fraction of sp³-hybridized carbons (Fsp3) is 0.522. The summed E-state index contributed by atoms with van der Waals surface area (Å²) in [5.74, 6) is -2.83. The number of nitrogens with two attached hydrogens (primary N) is 1. The number of carboxylic acids is 1. The molecule has 0 aliphatic carbocycles. The molecule has 3 atom stereocenters. The Morgan fingerprint density at radius 1 is 1.09 bits per heavy atom. The Labute approximate surface area is 203 Å². The standard InChI is InChI=1S/C23H32N4O8/c1-13(26-21(31)15-7-5-14(6-8-15)20(24)25)22(32)27-9-16(33-11-18(28)29)17(10-27)34-12-19(30)35-23(2,3)4/h5-8,13,16-17H,9-12H2,1-4H3,(H3,24,25)(H,26,31)(H,28,29). The fourth-order valence-corrected chi connectivity index (χ4v) is 3.39. The Morgan fingerprint density at radius 3 is 2.09 bits per heavy atom. The molecular formula is C23H32N4O8. The fourth-order valence-electron chi connectivity index (χ4n) is 3.39. The van der Waals surface area contributed by atoms with Crippen LogP contribution in [0.3, 0.4) is 0 Å². The Morgan fingerprint density at radius 2 is 1.60 bits per heavy atom. The second-order valence-electron chi connectivity index (χ2n) is 9.11. The highest BCUT2D eigenvalue weighted by Gasteiger charge is 2.39. The minimum absolute atomic E-state index is 0.0264. The number of rotatable bonds is 10. The van der Waals surface area contributed by atoms with E-state index < -0.39 is 54.2 Å². The molecule has 0 bridgehead atoms. The van der Waals surface area contributed by atoms with E-state index >= 15 is 0 Å². The average Bonchev–Trinajstić information content (AvgIpc) is 3.17. The van der Waals surface area contributed by atoms with Crippen LogP contribution < -0.4 is 11.1 Å². The lowest BCUT2D eigenvalue weighted by Gasteiger charge is -2.22. The lowest BCUT2D eigenvalue weighted by atomic mass is 10.1. The van der Waals surface area contributed by atoms with Gasteiger partial charge in [-0.2, -0.15) is 0 Å². The van der Waals surface area contributed by atoms with E-state index in [1.54, 1.807) is 20.8 Å². The number of nitrogens with zero attached hydrogens (tertiary/aromatic N) is 1. The average molecular weight is 493 g/mol. The first-order chi connectivity index (χ1) is 16.3. The van der Waals surface area contributed by atoms with E-state index in [9.17, 15) is 19.2 Å². The van der Waals surface area contributed by atoms with E-state index in [-0.39, 0.29) is 31.1 Å². The molecule has 1 aliphatic rings. The van der Waals surface area contributed by atoms with Gasteiger partial charge in [0, 0.05) is 24.2 Å². The molecule has 0 saturated carbocycles. The normalized spacial score (nSPS) is 18.6. The predicted molar refractivity (Wildman–Crippen MR) is 124 cm³/mol. The van der Waals surface area contributed by atoms with Crippen molar-refractivity contribution < 1.29 is 38.5 Å². The molecule has 0 spiro atoms. The molecule has 0 radical (unpaired) electrons. The predicted octanol–water partition coefficient (Wildman–Crippen LogP) is 0.128. The van der Waals surface area contributed by atoms with Gasteiger partial charge in [0.2, 0.25) is 5.91 Å². The van der Waals surface area contributed by atoms with Crippen molar-refractivity contribution in [2.24, 2.45) is 5.73 Å². The molecule has 0 aromatic heterocycles. The maximum Gasteiger partial charge on any atom is 0.332 e. The van der Waals surface area contributed by atoms with Gasteiger partial charge in [-0.1, -0.05) is 12.1 Å². The second-order valence-corrected chi connectivity index (χ2v) is 9.11. The van der Waals surface area contributed by atoms with E-state index in [0.29, 0.717) is 5.56 Å². The number of esters is 1. The molecule has 2 amide bonds. The van der Waals surface area contributed by atoms with Crippen LogP contribution >= 0.6 is 0 Å². The number of carbonyl (C=O) groups is 4. The van der Waals surface area contributed by atoms with Gasteiger partial charge in [-0.05, 0) is 39.8 Å². The molecule has 2 rings (SSSR count). The highest BCUT2D eigenvalue weighted by molar-refractivity contribution is 5.99. The highest BCUT2D eigenvalue weighted by Crippen LogP contribution is 2.19. The monoisotopic (exact) mass is 492 g/mol. The minimum Gasteiger partial charge on any atom is -0.480 e. The van der Waals surface area contributed by atoms with Crippen LogP contribution in [0.1, 0.15) is 43.6 Å². The Kier molecular flexibility index (Phi) is 9.32. The zero-order chi connectivity index (χ0) is 26.3. The third-order valence-corrected chi connectivity index (χ3v) is 4.96. The highest BCUT2D eigenvalue weighted by atomic mass is 16.6. The van der Waals surface area contributed by atoms with Gasteiger partial charge in [0.1, 0.15) is 42.9 Å². The zero-order valence-electron chi connectivity index (χ0n) is 20.2.